The minimum atomic E-state index is -4.28. The molecule has 0 unspecified atom stereocenters. The van der Waals surface area contributed by atoms with Gasteiger partial charge in [-0.05, 0) is 56.4 Å². The molecule has 1 aromatic carbocycles. The number of sulfonamides is 1. The third kappa shape index (κ3) is 6.51. The van der Waals surface area contributed by atoms with Crippen LogP contribution >= 0.6 is 11.6 Å². The highest BCUT2D eigenvalue weighted by atomic mass is 35.5. The van der Waals surface area contributed by atoms with Gasteiger partial charge in [0.15, 0.2) is 5.76 Å². The molecule has 13 heteroatoms. The number of rotatable bonds is 14. The number of unbranched alkanes of at least 4 members (excludes halogenated alkanes) is 1. The molecule has 0 atom stereocenters. The van der Waals surface area contributed by atoms with Crippen molar-refractivity contribution in [1.29, 1.82) is 0 Å². The molecule has 11 nitrogen and oxygen atoms in total. The van der Waals surface area contributed by atoms with Crippen molar-refractivity contribution in [3.63, 3.8) is 0 Å². The first-order valence-corrected chi connectivity index (χ1v) is 17.2. The Morgan fingerprint density at radius 1 is 1.18 bits per heavy atom. The smallest absolute Gasteiger partial charge is 0.269 e. The lowest BCUT2D eigenvalue weighted by Crippen LogP contribution is -2.40. The monoisotopic (exact) mass is 657 g/mol. The Hall–Kier alpha value is -3.32. The number of amidine groups is 1. The number of amides is 1. The predicted molar refractivity (Wildman–Crippen MR) is 172 cm³/mol. The van der Waals surface area contributed by atoms with E-state index in [0.717, 1.165) is 66.2 Å². The Morgan fingerprint density at radius 2 is 1.96 bits per heavy atom. The average molecular weight is 658 g/mol. The van der Waals surface area contributed by atoms with Crippen molar-refractivity contribution in [3.05, 3.63) is 58.4 Å². The van der Waals surface area contributed by atoms with Gasteiger partial charge in [0.2, 0.25) is 5.82 Å². The van der Waals surface area contributed by atoms with E-state index in [-0.39, 0.29) is 46.4 Å². The number of carbonyl (C=O) groups is 1. The van der Waals surface area contributed by atoms with E-state index in [0.29, 0.717) is 18.7 Å². The number of carbonyl (C=O) groups excluding carboxylic acids is 1. The summed E-state index contributed by atoms with van der Waals surface area (Å²) in [7, 11) is -2.90. The van der Waals surface area contributed by atoms with E-state index in [4.69, 9.17) is 30.6 Å². The summed E-state index contributed by atoms with van der Waals surface area (Å²) in [5.41, 5.74) is 1.85. The molecule has 0 radical (unpaired) electrons. The molecule has 0 saturated heterocycles. The quantitative estimate of drug-likeness (QED) is 0.185. The summed E-state index contributed by atoms with van der Waals surface area (Å²) in [4.78, 5) is 25.1. The zero-order chi connectivity index (χ0) is 32.2. The summed E-state index contributed by atoms with van der Waals surface area (Å²) in [5.74, 6) is 1.14. The second kappa shape index (κ2) is 14.0. The zero-order valence-electron chi connectivity index (χ0n) is 26.2. The van der Waals surface area contributed by atoms with Crippen LogP contribution in [0.3, 0.4) is 0 Å². The van der Waals surface area contributed by atoms with Crippen molar-refractivity contribution < 1.29 is 27.2 Å². The summed E-state index contributed by atoms with van der Waals surface area (Å²) in [6, 6.07) is 8.76. The molecule has 1 aliphatic carbocycles. The molecule has 2 aliphatic rings. The SMILES string of the molecule is CCCCC1=NC2(CCCC2)C(=O)N1Cc1ccc(-c2ncccc2S(=O)(=O)N(COC)c2noc(C)c2Cl)c(COCC)c1. The summed E-state index contributed by atoms with van der Waals surface area (Å²) < 4.78 is 45.5. The van der Waals surface area contributed by atoms with E-state index in [1.165, 1.54) is 13.2 Å². The minimum Gasteiger partial charge on any atom is -0.377 e. The number of nitrogens with zero attached hydrogens (tertiary/aromatic N) is 5. The maximum atomic E-state index is 14.2. The molecule has 3 heterocycles. The number of hydrogen-bond donors (Lipinski definition) is 0. The molecule has 1 fully saturated rings. The van der Waals surface area contributed by atoms with Crippen LogP contribution in [0.2, 0.25) is 5.02 Å². The van der Waals surface area contributed by atoms with Crippen molar-refractivity contribution in [2.75, 3.05) is 24.8 Å². The van der Waals surface area contributed by atoms with Crippen LogP contribution in [0.25, 0.3) is 11.3 Å². The van der Waals surface area contributed by atoms with E-state index in [1.54, 1.807) is 19.2 Å². The van der Waals surface area contributed by atoms with Crippen LogP contribution < -0.4 is 4.31 Å². The third-order valence-corrected chi connectivity index (χ3v) is 10.5. The molecule has 2 aromatic heterocycles. The topological polar surface area (TPSA) is 127 Å². The standard InChI is InChI=1S/C32H40ClN5O6S/c1-5-7-12-27-35-32(15-8-9-16-32)31(39)37(27)19-23-13-14-25(24(18-23)20-43-6-2)29-26(11-10-17-34-29)45(40,41)38(21-42-4)30-28(33)22(3)44-36-30/h10-11,13-14,17-18H,5-9,12,15-16,19-21H2,1-4H3. The van der Waals surface area contributed by atoms with Gasteiger partial charge in [0.1, 0.15) is 28.0 Å². The van der Waals surface area contributed by atoms with Gasteiger partial charge in [0.05, 0.1) is 18.8 Å². The third-order valence-electron chi connectivity index (χ3n) is 8.31. The van der Waals surface area contributed by atoms with Crippen LogP contribution in [0.5, 0.6) is 0 Å². The second-order valence-electron chi connectivity index (χ2n) is 11.4. The van der Waals surface area contributed by atoms with Crippen molar-refractivity contribution in [2.24, 2.45) is 4.99 Å². The Kier molecular flexibility index (Phi) is 10.3. The Morgan fingerprint density at radius 3 is 2.62 bits per heavy atom. The molecule has 3 aromatic rings. The largest absolute Gasteiger partial charge is 0.377 e. The van der Waals surface area contributed by atoms with Crippen molar-refractivity contribution >= 4 is 39.2 Å². The molecule has 45 heavy (non-hydrogen) atoms. The number of hydrogen-bond acceptors (Lipinski definition) is 9. The number of ether oxygens (including phenoxy) is 2. The molecule has 0 bridgehead atoms. The van der Waals surface area contributed by atoms with Gasteiger partial charge >= 0.3 is 0 Å². The first-order valence-electron chi connectivity index (χ1n) is 15.4. The summed E-state index contributed by atoms with van der Waals surface area (Å²) in [6.45, 7) is 6.34. The number of aryl methyl sites for hydroxylation is 1. The maximum Gasteiger partial charge on any atom is 0.269 e. The lowest BCUT2D eigenvalue weighted by Gasteiger charge is -2.24. The lowest BCUT2D eigenvalue weighted by molar-refractivity contribution is -0.131. The average Bonchev–Trinajstić information content (AvgIpc) is 3.72. The van der Waals surface area contributed by atoms with Gasteiger partial charge in [-0.3, -0.25) is 19.7 Å². The summed E-state index contributed by atoms with van der Waals surface area (Å²) in [5, 5.41) is 3.95. The summed E-state index contributed by atoms with van der Waals surface area (Å²) in [6.07, 6.45) is 7.89. The molecular weight excluding hydrogens is 618 g/mol. The highest BCUT2D eigenvalue weighted by Crippen LogP contribution is 2.41. The van der Waals surface area contributed by atoms with Crippen LogP contribution in [0.4, 0.5) is 5.82 Å². The van der Waals surface area contributed by atoms with Gasteiger partial charge in [0.25, 0.3) is 15.9 Å². The van der Waals surface area contributed by atoms with Crippen molar-refractivity contribution in [1.82, 2.24) is 15.0 Å². The van der Waals surface area contributed by atoms with Gasteiger partial charge in [-0.2, -0.15) is 0 Å². The van der Waals surface area contributed by atoms with Gasteiger partial charge < -0.3 is 14.0 Å². The van der Waals surface area contributed by atoms with E-state index >= 15 is 0 Å². The number of methoxy groups -OCH3 is 1. The van der Waals surface area contributed by atoms with Crippen LogP contribution in [0.15, 0.2) is 50.9 Å². The highest BCUT2D eigenvalue weighted by molar-refractivity contribution is 7.93. The number of aliphatic imine (C=N–C) groups is 1. The number of halogens is 1. The highest BCUT2D eigenvalue weighted by Gasteiger charge is 2.49. The van der Waals surface area contributed by atoms with Crippen LogP contribution in [-0.4, -0.2) is 61.2 Å². The first-order chi connectivity index (χ1) is 21.7. The minimum absolute atomic E-state index is 0.0591. The molecular formula is C32H40ClN5O6S. The molecule has 0 N–H and O–H groups in total. The number of anilines is 1. The molecule has 5 rings (SSSR count). The molecule has 1 saturated carbocycles. The fourth-order valence-corrected chi connectivity index (χ4v) is 7.69. The Bertz CT molecular complexity index is 1670. The Labute approximate surface area is 269 Å². The van der Waals surface area contributed by atoms with Crippen LogP contribution in [-0.2, 0) is 37.4 Å². The lowest BCUT2D eigenvalue weighted by atomic mass is 9.97. The number of benzene rings is 1. The Balaban J connectivity index is 1.53. The van der Waals surface area contributed by atoms with Gasteiger partial charge in [-0.1, -0.05) is 61.1 Å². The fourth-order valence-electron chi connectivity index (χ4n) is 5.97. The van der Waals surface area contributed by atoms with Crippen molar-refractivity contribution in [2.45, 2.75) is 89.3 Å². The number of pyridine rings is 1. The molecule has 1 amide bonds. The van der Waals surface area contributed by atoms with Gasteiger partial charge in [0, 0.05) is 31.9 Å². The van der Waals surface area contributed by atoms with Crippen molar-refractivity contribution in [3.8, 4) is 11.3 Å². The zero-order valence-corrected chi connectivity index (χ0v) is 27.8. The number of aromatic nitrogens is 2. The fraction of sp³-hybridized carbons (Fsp3) is 0.500. The van der Waals surface area contributed by atoms with E-state index in [9.17, 15) is 13.2 Å². The van der Waals surface area contributed by atoms with E-state index in [1.807, 2.05) is 30.0 Å². The predicted octanol–water partition coefficient (Wildman–Crippen LogP) is 6.28. The normalized spacial score (nSPS) is 16.2. The van der Waals surface area contributed by atoms with E-state index in [2.05, 4.69) is 17.1 Å². The molecule has 242 valence electrons. The van der Waals surface area contributed by atoms with E-state index < -0.39 is 15.6 Å². The van der Waals surface area contributed by atoms with Gasteiger partial charge in [-0.25, -0.2) is 12.7 Å². The second-order valence-corrected chi connectivity index (χ2v) is 13.6. The summed E-state index contributed by atoms with van der Waals surface area (Å²) >= 11 is 6.36. The first kappa shape index (κ1) is 33.1. The maximum absolute atomic E-state index is 14.2. The molecule has 1 spiro atoms. The van der Waals surface area contributed by atoms with Crippen LogP contribution in [0, 0.1) is 6.92 Å². The van der Waals surface area contributed by atoms with Gasteiger partial charge in [-0.15, -0.1) is 0 Å². The molecule has 1 aliphatic heterocycles. The van der Waals surface area contributed by atoms with Crippen LogP contribution in [0.1, 0.15) is 75.7 Å².